The van der Waals surface area contributed by atoms with Crippen LogP contribution in [0.1, 0.15) is 27.9 Å². The van der Waals surface area contributed by atoms with Gasteiger partial charge in [0, 0.05) is 32.9 Å². The molecule has 7 nitrogen and oxygen atoms in total. The summed E-state index contributed by atoms with van der Waals surface area (Å²) in [7, 11) is 1.76. The van der Waals surface area contributed by atoms with E-state index in [0.29, 0.717) is 44.6 Å². The maximum absolute atomic E-state index is 13.3. The highest BCUT2D eigenvalue weighted by Crippen LogP contribution is 2.23. The lowest BCUT2D eigenvalue weighted by molar-refractivity contribution is -0.131. The molecule has 2 aromatic rings. The van der Waals surface area contributed by atoms with Crippen LogP contribution >= 0.6 is 0 Å². The zero-order valence-electron chi connectivity index (χ0n) is 17.4. The van der Waals surface area contributed by atoms with Gasteiger partial charge in [0.1, 0.15) is 5.56 Å². The van der Waals surface area contributed by atoms with E-state index in [2.05, 4.69) is 0 Å². The van der Waals surface area contributed by atoms with Crippen molar-refractivity contribution in [1.29, 1.82) is 0 Å². The van der Waals surface area contributed by atoms with Gasteiger partial charge in [-0.15, -0.1) is 0 Å². The van der Waals surface area contributed by atoms with Gasteiger partial charge in [-0.05, 0) is 30.5 Å². The highest BCUT2D eigenvalue weighted by molar-refractivity contribution is 5.95. The number of ether oxygens (including phenoxy) is 1. The highest BCUT2D eigenvalue weighted by Gasteiger charge is 2.42. The Morgan fingerprint density at radius 1 is 1.13 bits per heavy atom. The number of carbonyl (C=O) groups is 2. The van der Waals surface area contributed by atoms with E-state index in [9.17, 15) is 14.4 Å². The molecule has 0 spiro atoms. The third-order valence-electron chi connectivity index (χ3n) is 6.13. The number of hydrogen-bond donors (Lipinski definition) is 0. The Morgan fingerprint density at radius 3 is 2.67 bits per heavy atom. The zero-order chi connectivity index (χ0) is 21.3. The summed E-state index contributed by atoms with van der Waals surface area (Å²) in [5, 5.41) is 0. The summed E-state index contributed by atoms with van der Waals surface area (Å²) >= 11 is 0. The van der Waals surface area contributed by atoms with Crippen LogP contribution in [0.15, 0.2) is 47.4 Å². The van der Waals surface area contributed by atoms with Gasteiger partial charge in [0.25, 0.3) is 11.5 Å². The van der Waals surface area contributed by atoms with Gasteiger partial charge >= 0.3 is 0 Å². The minimum absolute atomic E-state index is 0.0240. The molecular weight excluding hydrogens is 382 g/mol. The number of amides is 2. The van der Waals surface area contributed by atoms with Gasteiger partial charge in [-0.3, -0.25) is 14.4 Å². The molecule has 2 saturated heterocycles. The van der Waals surface area contributed by atoms with Crippen molar-refractivity contribution in [3.63, 3.8) is 0 Å². The highest BCUT2D eigenvalue weighted by atomic mass is 16.5. The standard InChI is InChI=1S/C23H27N3O4/c1-16-8-11-25(12-9-17-6-4-3-5-7-17)22(28)21(16)23(29)26-14-18-19(15-26)30-13-10-20(27)24(18)2/h3-8,11,18-19H,9-10,12-15H2,1-2H3/t18-,19-/m0/s1. The van der Waals surface area contributed by atoms with Crippen molar-refractivity contribution < 1.29 is 14.3 Å². The molecule has 2 atom stereocenters. The first-order valence-electron chi connectivity index (χ1n) is 10.4. The second-order valence-electron chi connectivity index (χ2n) is 8.05. The molecule has 1 aromatic carbocycles. The lowest BCUT2D eigenvalue weighted by atomic mass is 10.1. The van der Waals surface area contributed by atoms with E-state index in [-0.39, 0.29) is 35.1 Å². The number of likely N-dealkylation sites (tertiary alicyclic amines) is 1. The van der Waals surface area contributed by atoms with E-state index < -0.39 is 0 Å². The van der Waals surface area contributed by atoms with Gasteiger partial charge < -0.3 is 19.1 Å². The van der Waals surface area contributed by atoms with Crippen LogP contribution in [0.2, 0.25) is 0 Å². The normalized spacial score (nSPS) is 21.5. The van der Waals surface area contributed by atoms with Gasteiger partial charge in [-0.2, -0.15) is 0 Å². The van der Waals surface area contributed by atoms with Crippen LogP contribution in [-0.2, 0) is 22.5 Å². The number of likely N-dealkylation sites (N-methyl/N-ethyl adjacent to an activating group) is 1. The van der Waals surface area contributed by atoms with Gasteiger partial charge in [0.05, 0.1) is 25.2 Å². The Bertz CT molecular complexity index is 1000. The molecule has 1 aromatic heterocycles. The topological polar surface area (TPSA) is 71.9 Å². The first-order valence-corrected chi connectivity index (χ1v) is 10.4. The van der Waals surface area contributed by atoms with E-state index in [1.807, 2.05) is 36.4 Å². The molecule has 0 bridgehead atoms. The third-order valence-corrected chi connectivity index (χ3v) is 6.13. The molecule has 2 amide bonds. The van der Waals surface area contributed by atoms with E-state index in [1.54, 1.807) is 34.5 Å². The Morgan fingerprint density at radius 2 is 1.90 bits per heavy atom. The number of hydrogen-bond acceptors (Lipinski definition) is 4. The summed E-state index contributed by atoms with van der Waals surface area (Å²) in [6, 6.07) is 11.6. The minimum atomic E-state index is -0.288. The summed E-state index contributed by atoms with van der Waals surface area (Å²) in [6.07, 6.45) is 2.61. The monoisotopic (exact) mass is 409 g/mol. The van der Waals surface area contributed by atoms with Crippen molar-refractivity contribution in [3.05, 3.63) is 69.6 Å². The van der Waals surface area contributed by atoms with Crippen LogP contribution in [0.25, 0.3) is 0 Å². The quantitative estimate of drug-likeness (QED) is 0.767. The first kappa shape index (κ1) is 20.3. The molecule has 7 heteroatoms. The maximum Gasteiger partial charge on any atom is 0.263 e. The van der Waals surface area contributed by atoms with Gasteiger partial charge in [0.15, 0.2) is 0 Å². The minimum Gasteiger partial charge on any atom is -0.374 e. The molecule has 0 unspecified atom stereocenters. The molecule has 158 valence electrons. The number of rotatable bonds is 4. The molecule has 0 saturated carbocycles. The number of pyridine rings is 1. The molecule has 2 aliphatic rings. The smallest absolute Gasteiger partial charge is 0.263 e. The Hall–Kier alpha value is -2.93. The second-order valence-corrected chi connectivity index (χ2v) is 8.05. The lowest BCUT2D eigenvalue weighted by Gasteiger charge is -2.25. The third kappa shape index (κ3) is 3.89. The van der Waals surface area contributed by atoms with Crippen molar-refractivity contribution in [1.82, 2.24) is 14.4 Å². The fourth-order valence-corrected chi connectivity index (χ4v) is 4.27. The van der Waals surface area contributed by atoms with Gasteiger partial charge in [0.2, 0.25) is 5.91 Å². The SMILES string of the molecule is Cc1ccn(CCc2ccccc2)c(=O)c1C(=O)N1C[C@@H]2OCCC(=O)N(C)[C@H]2C1. The summed E-state index contributed by atoms with van der Waals surface area (Å²) in [5.74, 6) is -0.264. The van der Waals surface area contributed by atoms with E-state index in [0.717, 1.165) is 5.56 Å². The van der Waals surface area contributed by atoms with Gasteiger partial charge in [-0.1, -0.05) is 30.3 Å². The second kappa shape index (κ2) is 8.44. The number of benzene rings is 1. The molecule has 0 N–H and O–H groups in total. The summed E-state index contributed by atoms with van der Waals surface area (Å²) in [4.78, 5) is 41.9. The Kier molecular flexibility index (Phi) is 5.72. The van der Waals surface area contributed by atoms with Crippen molar-refractivity contribution in [2.24, 2.45) is 0 Å². The van der Waals surface area contributed by atoms with E-state index >= 15 is 0 Å². The van der Waals surface area contributed by atoms with Gasteiger partial charge in [-0.25, -0.2) is 0 Å². The lowest BCUT2D eigenvalue weighted by Crippen LogP contribution is -2.43. The molecule has 0 aliphatic carbocycles. The molecule has 2 fully saturated rings. The molecule has 0 radical (unpaired) electrons. The number of carbonyl (C=O) groups excluding carboxylic acids is 2. The Balaban J connectivity index is 1.54. The van der Waals surface area contributed by atoms with Crippen LogP contribution in [0.5, 0.6) is 0 Å². The largest absolute Gasteiger partial charge is 0.374 e. The van der Waals surface area contributed by atoms with Crippen molar-refractivity contribution in [2.75, 3.05) is 26.7 Å². The predicted molar refractivity (Wildman–Crippen MR) is 112 cm³/mol. The van der Waals surface area contributed by atoms with Crippen LogP contribution in [0.3, 0.4) is 0 Å². The average molecular weight is 409 g/mol. The molecular formula is C23H27N3O4. The number of fused-ring (bicyclic) bond motifs is 1. The molecule has 2 aliphatic heterocycles. The summed E-state index contributed by atoms with van der Waals surface area (Å²) in [5.41, 5.74) is 1.74. The fraction of sp³-hybridized carbons (Fsp3) is 0.435. The van der Waals surface area contributed by atoms with Crippen molar-refractivity contribution in [3.8, 4) is 0 Å². The number of aryl methyl sites for hydroxylation is 3. The zero-order valence-corrected chi connectivity index (χ0v) is 17.4. The van der Waals surface area contributed by atoms with Crippen LogP contribution in [0.4, 0.5) is 0 Å². The van der Waals surface area contributed by atoms with E-state index in [4.69, 9.17) is 4.74 Å². The number of nitrogens with zero attached hydrogens (tertiary/aromatic N) is 3. The summed E-state index contributed by atoms with van der Waals surface area (Å²) in [6.45, 7) is 3.43. The Labute approximate surface area is 175 Å². The van der Waals surface area contributed by atoms with E-state index in [1.165, 1.54) is 0 Å². The average Bonchev–Trinajstić information content (AvgIpc) is 3.12. The van der Waals surface area contributed by atoms with Crippen LogP contribution in [-0.4, -0.2) is 65.1 Å². The van der Waals surface area contributed by atoms with Crippen LogP contribution < -0.4 is 5.56 Å². The fourth-order valence-electron chi connectivity index (χ4n) is 4.27. The summed E-state index contributed by atoms with van der Waals surface area (Å²) < 4.78 is 7.42. The molecule has 3 heterocycles. The maximum atomic E-state index is 13.3. The first-order chi connectivity index (χ1) is 14.5. The number of aromatic nitrogens is 1. The van der Waals surface area contributed by atoms with Crippen LogP contribution in [0, 0.1) is 6.92 Å². The van der Waals surface area contributed by atoms with Crippen molar-refractivity contribution in [2.45, 2.75) is 38.5 Å². The molecule has 30 heavy (non-hydrogen) atoms. The van der Waals surface area contributed by atoms with Crippen molar-refractivity contribution >= 4 is 11.8 Å². The predicted octanol–water partition coefficient (Wildman–Crippen LogP) is 1.47. The molecule has 4 rings (SSSR count).